The number of hydrogen-bond donors (Lipinski definition) is 0. The number of pyridine rings is 1. The number of hydrogen-bond acceptors (Lipinski definition) is 3. The van der Waals surface area contributed by atoms with Crippen LogP contribution in [0.2, 0.25) is 0 Å². The molecule has 0 saturated heterocycles. The van der Waals surface area contributed by atoms with Crippen molar-refractivity contribution in [3.8, 4) is 5.75 Å². The van der Waals surface area contributed by atoms with Gasteiger partial charge in [-0.3, -0.25) is 4.79 Å². The zero-order valence-electron chi connectivity index (χ0n) is 11.7. The van der Waals surface area contributed by atoms with E-state index in [-0.39, 0.29) is 12.5 Å². The molecule has 2 heterocycles. The molecular formula is C16H15IN2O2. The van der Waals surface area contributed by atoms with Crippen LogP contribution in [0.15, 0.2) is 36.4 Å². The van der Waals surface area contributed by atoms with E-state index in [1.807, 2.05) is 37.3 Å². The molecule has 0 fully saturated rings. The molecule has 2 aromatic rings. The van der Waals surface area contributed by atoms with Gasteiger partial charge in [-0.15, -0.1) is 0 Å². The number of anilines is 1. The average molecular weight is 394 g/mol. The maximum atomic E-state index is 12.3. The first-order chi connectivity index (χ1) is 10.1. The number of para-hydroxylation sites is 1. The molecule has 21 heavy (non-hydrogen) atoms. The summed E-state index contributed by atoms with van der Waals surface area (Å²) in [6, 6.07) is 11.7. The second kappa shape index (κ2) is 6.01. The molecule has 0 atom stereocenters. The van der Waals surface area contributed by atoms with Gasteiger partial charge in [-0.25, -0.2) is 4.98 Å². The van der Waals surface area contributed by atoms with Crippen LogP contribution in [0.3, 0.4) is 0 Å². The number of aromatic nitrogens is 1. The normalized spacial score (nSPS) is 13.1. The maximum absolute atomic E-state index is 12.3. The lowest BCUT2D eigenvalue weighted by Crippen LogP contribution is -2.33. The van der Waals surface area contributed by atoms with Gasteiger partial charge in [0.05, 0.1) is 0 Å². The Balaban J connectivity index is 1.68. The van der Waals surface area contributed by atoms with E-state index < -0.39 is 0 Å². The van der Waals surface area contributed by atoms with Gasteiger partial charge in [-0.1, -0.05) is 18.2 Å². The SMILES string of the molecule is Cc1ccc(OCC(=O)N2CCc3ccccc32)c(I)n1. The number of carbonyl (C=O) groups is 1. The summed E-state index contributed by atoms with van der Waals surface area (Å²) in [4.78, 5) is 18.5. The molecule has 1 aromatic heterocycles. The van der Waals surface area contributed by atoms with E-state index in [1.165, 1.54) is 5.56 Å². The minimum Gasteiger partial charge on any atom is -0.481 e. The summed E-state index contributed by atoms with van der Waals surface area (Å²) in [5.41, 5.74) is 3.16. The Morgan fingerprint density at radius 2 is 2.14 bits per heavy atom. The van der Waals surface area contributed by atoms with E-state index in [4.69, 9.17) is 4.74 Å². The first kappa shape index (κ1) is 14.3. The van der Waals surface area contributed by atoms with Crippen molar-refractivity contribution >= 4 is 34.2 Å². The number of aryl methyl sites for hydroxylation is 1. The Morgan fingerprint density at radius 3 is 2.95 bits per heavy atom. The van der Waals surface area contributed by atoms with Gasteiger partial charge < -0.3 is 9.64 Å². The molecular weight excluding hydrogens is 379 g/mol. The fourth-order valence-electron chi connectivity index (χ4n) is 2.43. The van der Waals surface area contributed by atoms with Crippen molar-refractivity contribution < 1.29 is 9.53 Å². The molecule has 0 radical (unpaired) electrons. The summed E-state index contributed by atoms with van der Waals surface area (Å²) in [5.74, 6) is 0.637. The third-order valence-electron chi connectivity index (χ3n) is 3.49. The summed E-state index contributed by atoms with van der Waals surface area (Å²) < 4.78 is 6.40. The van der Waals surface area contributed by atoms with Gasteiger partial charge in [0.25, 0.3) is 5.91 Å². The molecule has 0 bridgehead atoms. The van der Waals surface area contributed by atoms with Crippen molar-refractivity contribution in [1.29, 1.82) is 0 Å². The summed E-state index contributed by atoms with van der Waals surface area (Å²) in [6.45, 7) is 2.69. The van der Waals surface area contributed by atoms with Gasteiger partial charge in [-0.05, 0) is 59.7 Å². The molecule has 3 rings (SSSR count). The molecule has 4 nitrogen and oxygen atoms in total. The lowest BCUT2D eigenvalue weighted by atomic mass is 10.2. The highest BCUT2D eigenvalue weighted by atomic mass is 127. The van der Waals surface area contributed by atoms with Crippen LogP contribution in [-0.2, 0) is 11.2 Å². The molecule has 0 spiro atoms. The average Bonchev–Trinajstić information content (AvgIpc) is 2.90. The van der Waals surface area contributed by atoms with Gasteiger partial charge in [0.1, 0.15) is 3.70 Å². The molecule has 1 amide bonds. The Kier molecular flexibility index (Phi) is 4.10. The van der Waals surface area contributed by atoms with Crippen LogP contribution in [0.1, 0.15) is 11.3 Å². The number of benzene rings is 1. The molecule has 5 heteroatoms. The monoisotopic (exact) mass is 394 g/mol. The summed E-state index contributed by atoms with van der Waals surface area (Å²) in [5, 5.41) is 0. The minimum atomic E-state index is -0.0173. The van der Waals surface area contributed by atoms with Crippen LogP contribution in [-0.4, -0.2) is 24.0 Å². The molecule has 0 N–H and O–H groups in total. The first-order valence-electron chi connectivity index (χ1n) is 6.79. The summed E-state index contributed by atoms with van der Waals surface area (Å²) in [7, 11) is 0. The Bertz CT molecular complexity index is 688. The third kappa shape index (κ3) is 3.02. The second-order valence-electron chi connectivity index (χ2n) is 4.95. The highest BCUT2D eigenvalue weighted by Gasteiger charge is 2.24. The summed E-state index contributed by atoms with van der Waals surface area (Å²) in [6.07, 6.45) is 0.908. The van der Waals surface area contributed by atoms with E-state index in [2.05, 4.69) is 33.6 Å². The van der Waals surface area contributed by atoms with E-state index in [0.29, 0.717) is 5.75 Å². The van der Waals surface area contributed by atoms with Crippen LogP contribution in [0.4, 0.5) is 5.69 Å². The second-order valence-corrected chi connectivity index (χ2v) is 5.98. The van der Waals surface area contributed by atoms with E-state index in [9.17, 15) is 4.79 Å². The molecule has 1 aromatic carbocycles. The molecule has 0 unspecified atom stereocenters. The molecule has 0 saturated carbocycles. The number of rotatable bonds is 3. The van der Waals surface area contributed by atoms with E-state index >= 15 is 0 Å². The van der Waals surface area contributed by atoms with E-state index in [0.717, 1.165) is 28.0 Å². The van der Waals surface area contributed by atoms with Gasteiger partial charge in [0.15, 0.2) is 12.4 Å². The van der Waals surface area contributed by atoms with Crippen LogP contribution in [0.25, 0.3) is 0 Å². The van der Waals surface area contributed by atoms with Crippen LogP contribution >= 0.6 is 22.6 Å². The fourth-order valence-corrected chi connectivity index (χ4v) is 3.15. The topological polar surface area (TPSA) is 42.4 Å². The largest absolute Gasteiger partial charge is 0.481 e. The number of ether oxygens (including phenoxy) is 1. The Labute approximate surface area is 137 Å². The lowest BCUT2D eigenvalue weighted by Gasteiger charge is -2.17. The minimum absolute atomic E-state index is 0.0173. The van der Waals surface area contributed by atoms with Crippen molar-refractivity contribution in [1.82, 2.24) is 4.98 Å². The van der Waals surface area contributed by atoms with Crippen LogP contribution < -0.4 is 9.64 Å². The number of carbonyl (C=O) groups excluding carboxylic acids is 1. The van der Waals surface area contributed by atoms with Crippen molar-refractivity contribution in [3.63, 3.8) is 0 Å². The van der Waals surface area contributed by atoms with Gasteiger partial charge >= 0.3 is 0 Å². The van der Waals surface area contributed by atoms with Crippen molar-refractivity contribution in [2.75, 3.05) is 18.1 Å². The third-order valence-corrected chi connectivity index (χ3v) is 4.27. The molecule has 0 aliphatic carbocycles. The maximum Gasteiger partial charge on any atom is 0.264 e. The van der Waals surface area contributed by atoms with Crippen molar-refractivity contribution in [3.05, 3.63) is 51.4 Å². The van der Waals surface area contributed by atoms with E-state index in [1.54, 1.807) is 4.90 Å². The number of halogens is 1. The number of nitrogens with zero attached hydrogens (tertiary/aromatic N) is 2. The standard InChI is InChI=1S/C16H15IN2O2/c1-11-6-7-14(16(17)18-11)21-10-15(20)19-9-8-12-4-2-3-5-13(12)19/h2-7H,8-10H2,1H3. The number of amides is 1. The summed E-state index contributed by atoms with van der Waals surface area (Å²) >= 11 is 2.12. The van der Waals surface area contributed by atoms with Crippen molar-refractivity contribution in [2.45, 2.75) is 13.3 Å². The zero-order chi connectivity index (χ0) is 14.8. The predicted octanol–water partition coefficient (Wildman–Crippen LogP) is 2.96. The van der Waals surface area contributed by atoms with Crippen LogP contribution in [0.5, 0.6) is 5.75 Å². The number of fused-ring (bicyclic) bond motifs is 1. The fraction of sp³-hybridized carbons (Fsp3) is 0.250. The van der Waals surface area contributed by atoms with Gasteiger partial charge in [0.2, 0.25) is 0 Å². The van der Waals surface area contributed by atoms with Gasteiger partial charge in [-0.2, -0.15) is 0 Å². The zero-order valence-corrected chi connectivity index (χ0v) is 13.8. The predicted molar refractivity (Wildman–Crippen MR) is 89.7 cm³/mol. The van der Waals surface area contributed by atoms with Crippen LogP contribution in [0, 0.1) is 10.6 Å². The molecule has 1 aliphatic rings. The Morgan fingerprint density at radius 1 is 1.33 bits per heavy atom. The Hall–Kier alpha value is -1.63. The highest BCUT2D eigenvalue weighted by Crippen LogP contribution is 2.27. The quantitative estimate of drug-likeness (QED) is 0.594. The highest BCUT2D eigenvalue weighted by molar-refractivity contribution is 14.1. The smallest absolute Gasteiger partial charge is 0.264 e. The lowest BCUT2D eigenvalue weighted by molar-refractivity contribution is -0.120. The first-order valence-corrected chi connectivity index (χ1v) is 7.87. The molecule has 108 valence electrons. The van der Waals surface area contributed by atoms with Crippen molar-refractivity contribution in [2.24, 2.45) is 0 Å². The molecule has 1 aliphatic heterocycles. The van der Waals surface area contributed by atoms with Gasteiger partial charge in [0, 0.05) is 17.9 Å².